The zero-order valence-corrected chi connectivity index (χ0v) is 9.67. The van der Waals surface area contributed by atoms with E-state index in [9.17, 15) is 9.59 Å². The minimum absolute atomic E-state index is 0.0815. The molecule has 1 atom stereocenters. The molecular formula is C10H12N2O3S. The average molecular weight is 240 g/mol. The second kappa shape index (κ2) is 4.71. The van der Waals surface area contributed by atoms with E-state index < -0.39 is 0 Å². The van der Waals surface area contributed by atoms with Gasteiger partial charge in [0.15, 0.2) is 10.9 Å². The van der Waals surface area contributed by atoms with E-state index in [-0.39, 0.29) is 17.6 Å². The summed E-state index contributed by atoms with van der Waals surface area (Å²) in [5.74, 6) is -0.271. The number of thiazole rings is 1. The quantitative estimate of drug-likeness (QED) is 0.809. The number of ketones is 1. The second-order valence-electron chi connectivity index (χ2n) is 3.64. The van der Waals surface area contributed by atoms with Crippen LogP contribution < -0.4 is 5.32 Å². The molecule has 1 aliphatic rings. The van der Waals surface area contributed by atoms with Crippen LogP contribution in [0.2, 0.25) is 0 Å². The van der Waals surface area contributed by atoms with Crippen molar-refractivity contribution in [3.8, 4) is 0 Å². The first-order valence-corrected chi connectivity index (χ1v) is 5.90. The first kappa shape index (κ1) is 11.2. The zero-order chi connectivity index (χ0) is 11.5. The smallest absolute Gasteiger partial charge is 0.231 e. The molecule has 6 heteroatoms. The van der Waals surface area contributed by atoms with Gasteiger partial charge in [-0.05, 0) is 6.42 Å². The fourth-order valence-electron chi connectivity index (χ4n) is 1.44. The molecule has 0 aliphatic carbocycles. The number of ether oxygens (including phenoxy) is 1. The lowest BCUT2D eigenvalue weighted by molar-refractivity contribution is -0.119. The number of Topliss-reactive ketones (excluding diaryl/α,β-unsaturated/α-hetero) is 1. The molecule has 1 amide bonds. The molecule has 2 heterocycles. The van der Waals surface area contributed by atoms with Gasteiger partial charge in [0.1, 0.15) is 5.69 Å². The average Bonchev–Trinajstić information content (AvgIpc) is 2.87. The molecule has 0 bridgehead atoms. The van der Waals surface area contributed by atoms with Gasteiger partial charge in [0.2, 0.25) is 5.91 Å². The molecule has 5 nitrogen and oxygen atoms in total. The van der Waals surface area contributed by atoms with Crippen molar-refractivity contribution in [1.82, 2.24) is 4.98 Å². The summed E-state index contributed by atoms with van der Waals surface area (Å²) in [5, 5.41) is 4.81. The second-order valence-corrected chi connectivity index (χ2v) is 4.50. The number of carbonyl (C=O) groups excluding carboxylic acids is 2. The Morgan fingerprint density at radius 3 is 3.00 bits per heavy atom. The lowest BCUT2D eigenvalue weighted by Crippen LogP contribution is -2.22. The molecule has 2 rings (SSSR count). The van der Waals surface area contributed by atoms with Gasteiger partial charge in [-0.25, -0.2) is 4.98 Å². The van der Waals surface area contributed by atoms with Gasteiger partial charge in [0.25, 0.3) is 0 Å². The molecule has 1 N–H and O–H groups in total. The Labute approximate surface area is 96.8 Å². The Kier molecular flexibility index (Phi) is 3.31. The highest BCUT2D eigenvalue weighted by Gasteiger charge is 2.24. The van der Waals surface area contributed by atoms with E-state index in [0.717, 1.165) is 6.42 Å². The molecular weight excluding hydrogens is 228 g/mol. The van der Waals surface area contributed by atoms with Crippen molar-refractivity contribution >= 4 is 28.2 Å². The molecule has 0 spiro atoms. The summed E-state index contributed by atoms with van der Waals surface area (Å²) >= 11 is 1.26. The summed E-state index contributed by atoms with van der Waals surface area (Å²) in [7, 11) is 0. The summed E-state index contributed by atoms with van der Waals surface area (Å²) in [6.45, 7) is 2.55. The SMILES string of the molecule is CC(=O)c1csc(NC(=O)C2CCOC2)n1. The monoisotopic (exact) mass is 240 g/mol. The molecule has 86 valence electrons. The van der Waals surface area contributed by atoms with Gasteiger partial charge in [0, 0.05) is 18.9 Å². The Hall–Kier alpha value is -1.27. The van der Waals surface area contributed by atoms with E-state index in [1.807, 2.05) is 0 Å². The highest BCUT2D eigenvalue weighted by atomic mass is 32.1. The normalized spacial score (nSPS) is 19.7. The van der Waals surface area contributed by atoms with E-state index >= 15 is 0 Å². The Morgan fingerprint density at radius 2 is 2.44 bits per heavy atom. The van der Waals surface area contributed by atoms with Crippen molar-refractivity contribution in [3.05, 3.63) is 11.1 Å². The van der Waals surface area contributed by atoms with Gasteiger partial charge in [-0.3, -0.25) is 9.59 Å². The van der Waals surface area contributed by atoms with Crippen LogP contribution in [0.4, 0.5) is 5.13 Å². The summed E-state index contributed by atoms with van der Waals surface area (Å²) < 4.78 is 5.13. The largest absolute Gasteiger partial charge is 0.381 e. The highest BCUT2D eigenvalue weighted by Crippen LogP contribution is 2.19. The Balaban J connectivity index is 1.97. The van der Waals surface area contributed by atoms with Crippen molar-refractivity contribution in [2.24, 2.45) is 5.92 Å². The number of amides is 1. The molecule has 16 heavy (non-hydrogen) atoms. The van der Waals surface area contributed by atoms with E-state index in [2.05, 4.69) is 10.3 Å². The van der Waals surface area contributed by atoms with Gasteiger partial charge < -0.3 is 10.1 Å². The van der Waals surface area contributed by atoms with Gasteiger partial charge in [0.05, 0.1) is 12.5 Å². The fraction of sp³-hybridized carbons (Fsp3) is 0.500. The first-order chi connectivity index (χ1) is 7.66. The fourth-order valence-corrected chi connectivity index (χ4v) is 2.19. The maximum absolute atomic E-state index is 11.7. The molecule has 0 aromatic carbocycles. The van der Waals surface area contributed by atoms with Crippen LogP contribution in [0.3, 0.4) is 0 Å². The maximum Gasteiger partial charge on any atom is 0.231 e. The van der Waals surface area contributed by atoms with E-state index in [1.165, 1.54) is 18.3 Å². The minimum atomic E-state index is -0.0963. The number of rotatable bonds is 3. The lowest BCUT2D eigenvalue weighted by Gasteiger charge is -2.05. The summed E-state index contributed by atoms with van der Waals surface area (Å²) in [5.41, 5.74) is 0.392. The van der Waals surface area contributed by atoms with Crippen molar-refractivity contribution in [1.29, 1.82) is 0 Å². The standard InChI is InChI=1S/C10H12N2O3S/c1-6(13)8-5-16-10(11-8)12-9(14)7-2-3-15-4-7/h5,7H,2-4H2,1H3,(H,11,12,14). The van der Waals surface area contributed by atoms with Gasteiger partial charge in [-0.2, -0.15) is 0 Å². The van der Waals surface area contributed by atoms with E-state index in [4.69, 9.17) is 4.74 Å². The molecule has 1 fully saturated rings. The number of hydrogen-bond donors (Lipinski definition) is 1. The molecule has 1 saturated heterocycles. The third-order valence-electron chi connectivity index (χ3n) is 2.40. The lowest BCUT2D eigenvalue weighted by atomic mass is 10.1. The van der Waals surface area contributed by atoms with E-state index in [0.29, 0.717) is 24.0 Å². The van der Waals surface area contributed by atoms with Crippen molar-refractivity contribution in [2.45, 2.75) is 13.3 Å². The maximum atomic E-state index is 11.7. The predicted octanol–water partition coefficient (Wildman–Crippen LogP) is 1.32. The topological polar surface area (TPSA) is 68.3 Å². The van der Waals surface area contributed by atoms with Gasteiger partial charge in [-0.1, -0.05) is 0 Å². The summed E-state index contributed by atoms with van der Waals surface area (Å²) in [6.07, 6.45) is 0.747. The number of aromatic nitrogens is 1. The van der Waals surface area contributed by atoms with Crippen LogP contribution in [-0.2, 0) is 9.53 Å². The Bertz CT molecular complexity index is 410. The number of carbonyl (C=O) groups is 2. The van der Waals surface area contributed by atoms with Crippen molar-refractivity contribution < 1.29 is 14.3 Å². The third kappa shape index (κ3) is 2.45. The van der Waals surface area contributed by atoms with Crippen LogP contribution in [0.1, 0.15) is 23.8 Å². The zero-order valence-electron chi connectivity index (χ0n) is 8.86. The van der Waals surface area contributed by atoms with Crippen LogP contribution in [0.15, 0.2) is 5.38 Å². The number of anilines is 1. The third-order valence-corrected chi connectivity index (χ3v) is 3.15. The molecule has 1 aliphatic heterocycles. The highest BCUT2D eigenvalue weighted by molar-refractivity contribution is 7.14. The number of nitrogens with zero attached hydrogens (tertiary/aromatic N) is 1. The van der Waals surface area contributed by atoms with Crippen molar-refractivity contribution in [2.75, 3.05) is 18.5 Å². The van der Waals surface area contributed by atoms with Gasteiger partial charge in [-0.15, -0.1) is 11.3 Å². The molecule has 1 aromatic heterocycles. The number of hydrogen-bond acceptors (Lipinski definition) is 5. The van der Waals surface area contributed by atoms with E-state index in [1.54, 1.807) is 5.38 Å². The first-order valence-electron chi connectivity index (χ1n) is 5.02. The Morgan fingerprint density at radius 1 is 1.62 bits per heavy atom. The van der Waals surface area contributed by atoms with Crippen LogP contribution in [0.25, 0.3) is 0 Å². The van der Waals surface area contributed by atoms with Crippen LogP contribution in [-0.4, -0.2) is 29.9 Å². The van der Waals surface area contributed by atoms with Crippen LogP contribution in [0.5, 0.6) is 0 Å². The predicted molar refractivity (Wildman–Crippen MR) is 59.7 cm³/mol. The molecule has 1 aromatic rings. The summed E-state index contributed by atoms with van der Waals surface area (Å²) in [4.78, 5) is 26.7. The van der Waals surface area contributed by atoms with Crippen LogP contribution in [0, 0.1) is 5.92 Å². The van der Waals surface area contributed by atoms with Crippen molar-refractivity contribution in [3.63, 3.8) is 0 Å². The summed E-state index contributed by atoms with van der Waals surface area (Å²) in [6, 6.07) is 0. The molecule has 0 radical (unpaired) electrons. The minimum Gasteiger partial charge on any atom is -0.381 e. The molecule has 0 saturated carbocycles. The molecule has 1 unspecified atom stereocenters. The van der Waals surface area contributed by atoms with Gasteiger partial charge >= 0.3 is 0 Å². The number of nitrogens with one attached hydrogen (secondary N) is 1. The van der Waals surface area contributed by atoms with Crippen LogP contribution >= 0.6 is 11.3 Å².